The molecule has 2 N–H and O–H groups in total. The highest BCUT2D eigenvalue weighted by Crippen LogP contribution is 2.32. The van der Waals surface area contributed by atoms with Crippen molar-refractivity contribution in [3.05, 3.63) is 47.5 Å². The predicted molar refractivity (Wildman–Crippen MR) is 105 cm³/mol. The van der Waals surface area contributed by atoms with Crippen molar-refractivity contribution >= 4 is 20.6 Å². The third kappa shape index (κ3) is 4.81. The van der Waals surface area contributed by atoms with Crippen LogP contribution in [0.5, 0.6) is 11.5 Å². The van der Waals surface area contributed by atoms with E-state index in [0.29, 0.717) is 0 Å². The van der Waals surface area contributed by atoms with Gasteiger partial charge in [-0.05, 0) is 72.3 Å². The lowest BCUT2D eigenvalue weighted by molar-refractivity contribution is 0.459. The van der Waals surface area contributed by atoms with Crippen LogP contribution in [0, 0.1) is 0 Å². The van der Waals surface area contributed by atoms with Gasteiger partial charge in [0.05, 0.1) is 9.79 Å². The van der Waals surface area contributed by atoms with Crippen LogP contribution in [0.25, 0.3) is 0 Å². The quantitative estimate of drug-likeness (QED) is 0.671. The summed E-state index contributed by atoms with van der Waals surface area (Å²) in [5, 5.41) is 20.5. The standard InChI is InChI=1S/C20H26O2S2/c1-3-5-7-15-9-11-17(21)19(13-15)24(23)20-14-16(8-6-4-2)10-12-18(20)22/h9-14,21-22H,3-8H2,1-2H3. The molecular weight excluding hydrogens is 336 g/mol. The summed E-state index contributed by atoms with van der Waals surface area (Å²) in [4.78, 5) is 1.48. The average Bonchev–Trinajstić information content (AvgIpc) is 2.59. The van der Waals surface area contributed by atoms with E-state index in [-0.39, 0.29) is 11.5 Å². The Morgan fingerprint density at radius 1 is 0.792 bits per heavy atom. The molecule has 2 rings (SSSR count). The second-order valence-electron chi connectivity index (χ2n) is 6.08. The van der Waals surface area contributed by atoms with Crippen LogP contribution in [0.15, 0.2) is 46.2 Å². The van der Waals surface area contributed by atoms with E-state index in [2.05, 4.69) is 13.8 Å². The van der Waals surface area contributed by atoms with Gasteiger partial charge in [-0.1, -0.05) is 48.3 Å². The smallest absolute Gasteiger partial charge is 0.129 e. The third-order valence-electron chi connectivity index (χ3n) is 4.09. The van der Waals surface area contributed by atoms with Crippen LogP contribution < -0.4 is 0 Å². The number of hydrogen-bond donors (Lipinski definition) is 2. The van der Waals surface area contributed by atoms with Gasteiger partial charge in [-0.15, -0.1) is 0 Å². The molecule has 0 amide bonds. The van der Waals surface area contributed by atoms with Gasteiger partial charge in [0.2, 0.25) is 0 Å². The average molecular weight is 363 g/mol. The van der Waals surface area contributed by atoms with Gasteiger partial charge < -0.3 is 10.2 Å². The van der Waals surface area contributed by atoms with E-state index in [0.717, 1.165) is 48.3 Å². The predicted octanol–water partition coefficient (Wildman–Crippen LogP) is 5.28. The maximum absolute atomic E-state index is 10.3. The fourth-order valence-corrected chi connectivity index (χ4v) is 4.68. The molecule has 0 aromatic heterocycles. The lowest BCUT2D eigenvalue weighted by atomic mass is 10.1. The molecule has 0 saturated carbocycles. The molecule has 0 spiro atoms. The Bertz CT molecular complexity index is 651. The van der Waals surface area contributed by atoms with Gasteiger partial charge in [0.25, 0.3) is 0 Å². The van der Waals surface area contributed by atoms with Crippen molar-refractivity contribution in [2.24, 2.45) is 0 Å². The Morgan fingerprint density at radius 2 is 1.21 bits per heavy atom. The van der Waals surface area contributed by atoms with Crippen LogP contribution in [0.1, 0.15) is 50.7 Å². The highest BCUT2D eigenvalue weighted by atomic mass is 32.8. The Morgan fingerprint density at radius 3 is 1.58 bits per heavy atom. The normalized spacial score (nSPS) is 11.1. The molecule has 0 aliphatic rings. The van der Waals surface area contributed by atoms with Gasteiger partial charge in [0, 0.05) is 0 Å². The maximum Gasteiger partial charge on any atom is 0.129 e. The van der Waals surface area contributed by atoms with Gasteiger partial charge in [-0.2, -0.15) is 0 Å². The first-order valence-corrected chi connectivity index (χ1v) is 10.8. The summed E-state index contributed by atoms with van der Waals surface area (Å²) in [6, 6.07) is 11.4. The van der Waals surface area contributed by atoms with Gasteiger partial charge in [0.15, 0.2) is 0 Å². The second-order valence-corrected chi connectivity index (χ2v) is 8.50. The number of rotatable bonds is 8. The molecule has 0 radical (unpaired) electrons. The number of phenols is 2. The largest absolute Gasteiger partial charge is 0.507 e. The van der Waals surface area contributed by atoms with Gasteiger partial charge >= 0.3 is 0 Å². The van der Waals surface area contributed by atoms with E-state index >= 15 is 0 Å². The van der Waals surface area contributed by atoms with Gasteiger partial charge in [-0.25, -0.2) is 0 Å². The van der Waals surface area contributed by atoms with Crippen LogP contribution >= 0.6 is 0 Å². The third-order valence-corrected chi connectivity index (χ3v) is 6.62. The SMILES string of the molecule is CCCCc1ccc(O)c(S(=S)c2cc(CCCC)ccc2O)c1. The summed E-state index contributed by atoms with van der Waals surface area (Å²) < 4.78 is 0. The van der Waals surface area contributed by atoms with E-state index in [9.17, 15) is 10.2 Å². The van der Waals surface area contributed by atoms with Crippen molar-refractivity contribution in [2.75, 3.05) is 0 Å². The molecule has 0 heterocycles. The van der Waals surface area contributed by atoms with Crippen molar-refractivity contribution < 1.29 is 10.2 Å². The molecule has 0 aliphatic carbocycles. The van der Waals surface area contributed by atoms with Crippen molar-refractivity contribution in [1.29, 1.82) is 0 Å². The molecule has 4 heteroatoms. The summed E-state index contributed by atoms with van der Waals surface area (Å²) in [5.41, 5.74) is 2.38. The lowest BCUT2D eigenvalue weighted by Crippen LogP contribution is -1.97. The zero-order valence-corrected chi connectivity index (χ0v) is 16.1. The molecule has 0 fully saturated rings. The van der Waals surface area contributed by atoms with Crippen LogP contribution in [-0.4, -0.2) is 10.2 Å². The van der Waals surface area contributed by atoms with E-state index in [1.807, 2.05) is 24.3 Å². The summed E-state index contributed by atoms with van der Waals surface area (Å²) >= 11 is 5.70. The van der Waals surface area contributed by atoms with Crippen LogP contribution in [-0.2, 0) is 33.5 Å². The Hall–Kier alpha value is -1.39. The summed E-state index contributed by atoms with van der Waals surface area (Å²) in [5.74, 6) is 0.430. The molecule has 2 nitrogen and oxygen atoms in total. The zero-order chi connectivity index (χ0) is 17.5. The first-order valence-electron chi connectivity index (χ1n) is 8.62. The van der Waals surface area contributed by atoms with E-state index in [1.54, 1.807) is 12.1 Å². The molecule has 0 atom stereocenters. The fourth-order valence-electron chi connectivity index (χ4n) is 2.61. The Balaban J connectivity index is 2.33. The molecule has 0 aliphatic heterocycles. The zero-order valence-electron chi connectivity index (χ0n) is 14.4. The number of unbranched alkanes of at least 4 members (excludes halogenated alkanes) is 2. The topological polar surface area (TPSA) is 40.5 Å². The van der Waals surface area contributed by atoms with Crippen molar-refractivity contribution in [1.82, 2.24) is 0 Å². The summed E-state index contributed by atoms with van der Waals surface area (Å²) in [7, 11) is -0.768. The number of phenolic OH excluding ortho intramolecular Hbond substituents is 2. The van der Waals surface area contributed by atoms with Crippen molar-refractivity contribution in [3.8, 4) is 11.5 Å². The summed E-state index contributed by atoms with van der Waals surface area (Å²) in [6.45, 7) is 4.33. The van der Waals surface area contributed by atoms with Gasteiger partial charge in [-0.3, -0.25) is 0 Å². The molecule has 2 aromatic rings. The first kappa shape index (κ1) is 18.9. The van der Waals surface area contributed by atoms with Crippen molar-refractivity contribution in [3.63, 3.8) is 0 Å². The molecule has 24 heavy (non-hydrogen) atoms. The first-order chi connectivity index (χ1) is 11.6. The van der Waals surface area contributed by atoms with Gasteiger partial charge in [0.1, 0.15) is 11.5 Å². The number of aromatic hydroxyl groups is 2. The minimum Gasteiger partial charge on any atom is -0.507 e. The number of aryl methyl sites for hydroxylation is 2. The number of hydrogen-bond acceptors (Lipinski definition) is 3. The molecular formula is C20H26O2S2. The Labute approximate surface area is 152 Å². The Kier molecular flexibility index (Phi) is 7.25. The highest BCUT2D eigenvalue weighted by Gasteiger charge is 2.14. The number of benzene rings is 2. The second kappa shape index (κ2) is 9.19. The van der Waals surface area contributed by atoms with Crippen LogP contribution in [0.3, 0.4) is 0 Å². The monoisotopic (exact) mass is 362 g/mol. The van der Waals surface area contributed by atoms with Crippen LogP contribution in [0.4, 0.5) is 0 Å². The molecule has 130 valence electrons. The van der Waals surface area contributed by atoms with Crippen LogP contribution in [0.2, 0.25) is 0 Å². The molecule has 0 unspecified atom stereocenters. The lowest BCUT2D eigenvalue weighted by Gasteiger charge is -2.13. The molecule has 0 saturated heterocycles. The minimum atomic E-state index is -0.768. The maximum atomic E-state index is 10.3. The molecule has 0 bridgehead atoms. The van der Waals surface area contributed by atoms with E-state index in [1.165, 1.54) is 11.1 Å². The minimum absolute atomic E-state index is 0.215. The van der Waals surface area contributed by atoms with Crippen molar-refractivity contribution in [2.45, 2.75) is 62.2 Å². The highest BCUT2D eigenvalue weighted by molar-refractivity contribution is 8.29. The fraction of sp³-hybridized carbons (Fsp3) is 0.400. The molecule has 2 aromatic carbocycles. The van der Waals surface area contributed by atoms with E-state index < -0.39 is 9.45 Å². The summed E-state index contributed by atoms with van der Waals surface area (Å²) in [6.07, 6.45) is 6.48. The van der Waals surface area contributed by atoms with E-state index in [4.69, 9.17) is 11.2 Å².